The molecule has 8 nitrogen and oxygen atoms in total. The number of rotatable bonds is 5. The third kappa shape index (κ3) is 1.88. The fraction of sp³-hybridized carbons (Fsp3) is 0.958. The third-order valence-corrected chi connectivity index (χ3v) is 11.1. The van der Waals surface area contributed by atoms with Crippen molar-refractivity contribution in [3.8, 4) is 0 Å². The van der Waals surface area contributed by atoms with E-state index < -0.39 is 46.2 Å². The second-order valence-electron chi connectivity index (χ2n) is 11.4. The molecule has 6 aliphatic rings. The number of aliphatic hydroxyl groups is 3. The van der Waals surface area contributed by atoms with Gasteiger partial charge in [-0.15, -0.1) is 0 Å². The second kappa shape index (κ2) is 6.46. The first-order valence-electron chi connectivity index (χ1n) is 12.2. The average Bonchev–Trinajstić information content (AvgIpc) is 3.14. The van der Waals surface area contributed by atoms with Crippen LogP contribution < -0.4 is 0 Å². The summed E-state index contributed by atoms with van der Waals surface area (Å²) < 4.78 is 17.5. The lowest BCUT2D eigenvalue weighted by Crippen LogP contribution is -2.81. The van der Waals surface area contributed by atoms with E-state index in [-0.39, 0.29) is 42.8 Å². The number of aliphatic hydroxyl groups excluding tert-OH is 1. The van der Waals surface area contributed by atoms with Crippen LogP contribution in [0.1, 0.15) is 39.0 Å². The predicted molar refractivity (Wildman–Crippen MR) is 112 cm³/mol. The summed E-state index contributed by atoms with van der Waals surface area (Å²) in [6.07, 6.45) is 1.58. The fourth-order valence-corrected chi connectivity index (χ4v) is 10.5. The van der Waals surface area contributed by atoms with E-state index in [1.165, 1.54) is 0 Å². The maximum absolute atomic E-state index is 14.1. The van der Waals surface area contributed by atoms with Crippen LogP contribution in [-0.4, -0.2) is 96.2 Å². The fourth-order valence-electron chi connectivity index (χ4n) is 10.5. The van der Waals surface area contributed by atoms with Crippen LogP contribution in [0.2, 0.25) is 0 Å². The molecule has 0 aromatic carbocycles. The van der Waals surface area contributed by atoms with E-state index in [2.05, 4.69) is 0 Å². The highest BCUT2D eigenvalue weighted by Gasteiger charge is 2.91. The van der Waals surface area contributed by atoms with E-state index in [4.69, 9.17) is 14.2 Å². The second-order valence-corrected chi connectivity index (χ2v) is 11.4. The summed E-state index contributed by atoms with van der Waals surface area (Å²) in [5, 5.41) is 36.6. The van der Waals surface area contributed by atoms with E-state index in [0.29, 0.717) is 13.0 Å². The highest BCUT2D eigenvalue weighted by atomic mass is 16.5. The van der Waals surface area contributed by atoms with Crippen molar-refractivity contribution < 1.29 is 34.3 Å². The number of ether oxygens (including phenoxy) is 3. The van der Waals surface area contributed by atoms with Crippen LogP contribution in [0.5, 0.6) is 0 Å². The SMILES string of the molecule is CCN1C(=O)[C@@]2(COC)CCC[C@]34C5C[C@@H]6[C@@H](OC)C[C@](O)(C5[C@@H]6O)[C@](O)(C(OC)C23)[C@H]14. The van der Waals surface area contributed by atoms with E-state index in [0.717, 1.165) is 19.3 Å². The molecule has 1 amide bonds. The number of methoxy groups -OCH3 is 3. The first-order chi connectivity index (χ1) is 15.2. The van der Waals surface area contributed by atoms with Gasteiger partial charge in [-0.25, -0.2) is 0 Å². The van der Waals surface area contributed by atoms with E-state index in [1.54, 1.807) is 21.3 Å². The van der Waals surface area contributed by atoms with Gasteiger partial charge in [-0.2, -0.15) is 0 Å². The van der Waals surface area contributed by atoms with Crippen molar-refractivity contribution in [3.63, 3.8) is 0 Å². The van der Waals surface area contributed by atoms with Crippen LogP contribution >= 0.6 is 0 Å². The number of nitrogens with zero attached hydrogens (tertiary/aromatic N) is 1. The Hall–Kier alpha value is -0.770. The van der Waals surface area contributed by atoms with Crippen LogP contribution in [-0.2, 0) is 19.0 Å². The topological polar surface area (TPSA) is 109 Å². The third-order valence-electron chi connectivity index (χ3n) is 11.1. The predicted octanol–water partition coefficient (Wildman–Crippen LogP) is 0.173. The van der Waals surface area contributed by atoms with Crippen molar-refractivity contribution in [3.05, 3.63) is 0 Å². The van der Waals surface area contributed by atoms with Crippen LogP contribution in [0.25, 0.3) is 0 Å². The van der Waals surface area contributed by atoms with Crippen molar-refractivity contribution in [2.75, 3.05) is 34.5 Å². The van der Waals surface area contributed by atoms with E-state index in [1.807, 2.05) is 11.8 Å². The summed E-state index contributed by atoms with van der Waals surface area (Å²) in [5.41, 5.74) is -4.50. The molecular formula is C24H37NO7. The van der Waals surface area contributed by atoms with Gasteiger partial charge in [0.2, 0.25) is 5.91 Å². The van der Waals surface area contributed by atoms with Gasteiger partial charge in [0, 0.05) is 57.5 Å². The molecule has 1 saturated heterocycles. The molecule has 8 heteroatoms. The molecule has 4 unspecified atom stereocenters. The largest absolute Gasteiger partial charge is 0.392 e. The monoisotopic (exact) mass is 451 g/mol. The Kier molecular flexibility index (Phi) is 4.39. The molecule has 1 heterocycles. The molecule has 12 atom stereocenters. The number of likely N-dealkylation sites (tertiary alicyclic amines) is 1. The quantitative estimate of drug-likeness (QED) is 0.547. The number of hydrogen-bond donors (Lipinski definition) is 3. The lowest BCUT2D eigenvalue weighted by atomic mass is 9.43. The van der Waals surface area contributed by atoms with Crippen LogP contribution in [0, 0.1) is 34.5 Å². The van der Waals surface area contributed by atoms with Crippen molar-refractivity contribution in [2.45, 2.75) is 74.6 Å². The van der Waals surface area contributed by atoms with Gasteiger partial charge >= 0.3 is 0 Å². The molecule has 0 radical (unpaired) electrons. The Balaban J connectivity index is 1.67. The summed E-state index contributed by atoms with van der Waals surface area (Å²) in [6.45, 7) is 2.68. The molecule has 5 aliphatic carbocycles. The molecular weight excluding hydrogens is 414 g/mol. The Bertz CT molecular complexity index is 835. The number of likely N-dealkylation sites (N-methyl/N-ethyl adjacent to an activating group) is 1. The van der Waals surface area contributed by atoms with Crippen LogP contribution in [0.4, 0.5) is 0 Å². The molecule has 3 N–H and O–H groups in total. The van der Waals surface area contributed by atoms with Gasteiger partial charge in [-0.05, 0) is 32.1 Å². The van der Waals surface area contributed by atoms with Gasteiger partial charge in [0.1, 0.15) is 11.2 Å². The Morgan fingerprint density at radius 2 is 1.91 bits per heavy atom. The minimum absolute atomic E-state index is 0.0123. The molecule has 6 fully saturated rings. The van der Waals surface area contributed by atoms with Gasteiger partial charge < -0.3 is 34.4 Å². The van der Waals surface area contributed by atoms with Gasteiger partial charge in [-0.1, -0.05) is 6.42 Å². The zero-order valence-corrected chi connectivity index (χ0v) is 19.5. The van der Waals surface area contributed by atoms with Crippen LogP contribution in [0.15, 0.2) is 0 Å². The highest BCUT2D eigenvalue weighted by molar-refractivity contribution is 5.87. The Labute approximate surface area is 189 Å². The smallest absolute Gasteiger partial charge is 0.231 e. The Morgan fingerprint density at radius 1 is 1.16 bits per heavy atom. The zero-order chi connectivity index (χ0) is 22.8. The zero-order valence-electron chi connectivity index (χ0n) is 19.5. The van der Waals surface area contributed by atoms with Gasteiger partial charge in [0.05, 0.1) is 36.4 Å². The van der Waals surface area contributed by atoms with Gasteiger partial charge in [-0.3, -0.25) is 4.79 Å². The average molecular weight is 452 g/mol. The molecule has 0 aromatic rings. The van der Waals surface area contributed by atoms with Crippen molar-refractivity contribution in [1.82, 2.24) is 4.90 Å². The minimum Gasteiger partial charge on any atom is -0.392 e. The Morgan fingerprint density at radius 3 is 2.53 bits per heavy atom. The van der Waals surface area contributed by atoms with Crippen molar-refractivity contribution >= 4 is 5.91 Å². The molecule has 6 rings (SSSR count). The number of carbonyl (C=O) groups excluding carboxylic acids is 1. The normalized spacial score (nSPS) is 59.6. The summed E-state index contributed by atoms with van der Waals surface area (Å²) in [5.74, 6) is -0.775. The number of piperidine rings is 1. The molecule has 32 heavy (non-hydrogen) atoms. The van der Waals surface area contributed by atoms with E-state index in [9.17, 15) is 20.1 Å². The van der Waals surface area contributed by atoms with Crippen molar-refractivity contribution in [2.24, 2.45) is 34.5 Å². The first-order valence-corrected chi connectivity index (χ1v) is 12.2. The maximum atomic E-state index is 14.1. The lowest BCUT2D eigenvalue weighted by Gasteiger charge is -2.68. The maximum Gasteiger partial charge on any atom is 0.231 e. The molecule has 1 aliphatic heterocycles. The molecule has 5 saturated carbocycles. The summed E-state index contributed by atoms with van der Waals surface area (Å²) in [6, 6.07) is -0.541. The number of carbonyl (C=O) groups is 1. The lowest BCUT2D eigenvalue weighted by molar-refractivity contribution is -0.302. The molecule has 1 spiro atoms. The van der Waals surface area contributed by atoms with E-state index >= 15 is 0 Å². The van der Waals surface area contributed by atoms with Crippen LogP contribution in [0.3, 0.4) is 0 Å². The van der Waals surface area contributed by atoms with Gasteiger partial charge in [0.15, 0.2) is 0 Å². The highest BCUT2D eigenvalue weighted by Crippen LogP contribution is 2.80. The molecule has 7 bridgehead atoms. The number of fused-ring (bicyclic) bond motifs is 2. The summed E-state index contributed by atoms with van der Waals surface area (Å²) >= 11 is 0. The standard InChI is InChI=1S/C24H37NO7/c1-5-25-19-22-8-6-7-21(11-30-2,20(25)27)17(22)18(32-4)24(19,29)23(28)10-14(31-3)12-9-13(22)15(23)16(12)26/h12-19,26,28-29H,5-11H2,1-4H3/t12-,13?,14+,15?,16-,17?,18?,19-,21-,22+,23+,24+/m1/s1. The molecule has 180 valence electrons. The minimum atomic E-state index is -1.69. The van der Waals surface area contributed by atoms with Crippen molar-refractivity contribution in [1.29, 1.82) is 0 Å². The van der Waals surface area contributed by atoms with Gasteiger partial charge in [0.25, 0.3) is 0 Å². The molecule has 0 aromatic heterocycles. The first kappa shape index (κ1) is 21.7. The summed E-state index contributed by atoms with van der Waals surface area (Å²) in [7, 11) is 4.83. The summed E-state index contributed by atoms with van der Waals surface area (Å²) in [4.78, 5) is 15.9. The number of hydrogen-bond acceptors (Lipinski definition) is 7. The number of amides is 1.